The molecule has 0 aromatic rings. The van der Waals surface area contributed by atoms with Crippen molar-refractivity contribution in [2.45, 2.75) is 91.8 Å². The molecule has 2 heteroatoms. The molecular weight excluding hydrogens is 244 g/mol. The third-order valence-corrected chi connectivity index (χ3v) is 5.83. The summed E-state index contributed by atoms with van der Waals surface area (Å²) < 4.78 is 0. The smallest absolute Gasteiger partial charge is 0.0244 e. The summed E-state index contributed by atoms with van der Waals surface area (Å²) in [7, 11) is 0. The molecule has 0 bridgehead atoms. The van der Waals surface area contributed by atoms with Crippen LogP contribution in [0.5, 0.6) is 0 Å². The molecule has 1 saturated carbocycles. The van der Waals surface area contributed by atoms with Gasteiger partial charge < -0.3 is 5.32 Å². The van der Waals surface area contributed by atoms with Gasteiger partial charge in [0.05, 0.1) is 0 Å². The van der Waals surface area contributed by atoms with Crippen molar-refractivity contribution in [3.63, 3.8) is 0 Å². The second-order valence-electron chi connectivity index (χ2n) is 8.84. The van der Waals surface area contributed by atoms with E-state index >= 15 is 0 Å². The van der Waals surface area contributed by atoms with E-state index in [0.717, 1.165) is 12.1 Å². The highest BCUT2D eigenvalue weighted by Crippen LogP contribution is 2.41. The second kappa shape index (κ2) is 5.96. The summed E-state index contributed by atoms with van der Waals surface area (Å²) in [6.45, 7) is 16.9. The Kier molecular flexibility index (Phi) is 4.86. The highest BCUT2D eigenvalue weighted by molar-refractivity contribution is 4.98. The average molecular weight is 280 g/mol. The predicted octanol–water partition coefficient (Wildman–Crippen LogP) is 4.05. The first-order valence-electron chi connectivity index (χ1n) is 8.75. The van der Waals surface area contributed by atoms with Crippen molar-refractivity contribution in [1.82, 2.24) is 10.2 Å². The van der Waals surface area contributed by atoms with Gasteiger partial charge in [-0.25, -0.2) is 0 Å². The first-order chi connectivity index (χ1) is 9.25. The van der Waals surface area contributed by atoms with Crippen LogP contribution in [0.15, 0.2) is 0 Å². The number of piperazine rings is 1. The van der Waals surface area contributed by atoms with Gasteiger partial charge in [-0.2, -0.15) is 0 Å². The molecule has 2 nitrogen and oxygen atoms in total. The van der Waals surface area contributed by atoms with Crippen LogP contribution in [0.1, 0.15) is 73.6 Å². The monoisotopic (exact) mass is 280 g/mol. The van der Waals surface area contributed by atoms with Crippen LogP contribution >= 0.6 is 0 Å². The molecule has 0 spiro atoms. The summed E-state index contributed by atoms with van der Waals surface area (Å²) in [6.07, 6.45) is 6.93. The van der Waals surface area contributed by atoms with E-state index in [-0.39, 0.29) is 0 Å². The minimum Gasteiger partial charge on any atom is -0.311 e. The summed E-state index contributed by atoms with van der Waals surface area (Å²) in [4.78, 5) is 2.88. The lowest BCUT2D eigenvalue weighted by Crippen LogP contribution is -2.64. The molecule has 20 heavy (non-hydrogen) atoms. The Bertz CT molecular complexity index is 316. The first kappa shape index (κ1) is 16.3. The first-order valence-corrected chi connectivity index (χ1v) is 8.75. The van der Waals surface area contributed by atoms with Gasteiger partial charge >= 0.3 is 0 Å². The maximum Gasteiger partial charge on any atom is 0.0244 e. The van der Waals surface area contributed by atoms with Crippen LogP contribution in [0.25, 0.3) is 0 Å². The van der Waals surface area contributed by atoms with E-state index in [9.17, 15) is 0 Å². The van der Waals surface area contributed by atoms with E-state index < -0.39 is 0 Å². The van der Waals surface area contributed by atoms with E-state index in [1.54, 1.807) is 0 Å². The number of hydrogen-bond acceptors (Lipinski definition) is 2. The van der Waals surface area contributed by atoms with Gasteiger partial charge in [0.25, 0.3) is 0 Å². The Balaban J connectivity index is 2.16. The fourth-order valence-electron chi connectivity index (χ4n) is 4.25. The maximum absolute atomic E-state index is 3.81. The SMILES string of the molecule is CCC1CNC(C(C)(C)C)CN1C1CCCCC1(C)C. The van der Waals surface area contributed by atoms with Crippen LogP contribution in [0.4, 0.5) is 0 Å². The lowest BCUT2D eigenvalue weighted by Gasteiger charge is -2.53. The normalized spacial score (nSPS) is 36.0. The van der Waals surface area contributed by atoms with Gasteiger partial charge in [-0.1, -0.05) is 54.4 Å². The fourth-order valence-corrected chi connectivity index (χ4v) is 4.25. The molecule has 1 saturated heterocycles. The Morgan fingerprint density at radius 3 is 2.45 bits per heavy atom. The summed E-state index contributed by atoms with van der Waals surface area (Å²) in [5, 5.41) is 3.81. The lowest BCUT2D eigenvalue weighted by atomic mass is 9.71. The van der Waals surface area contributed by atoms with Crippen LogP contribution < -0.4 is 5.32 Å². The molecule has 2 rings (SSSR count). The fraction of sp³-hybridized carbons (Fsp3) is 1.00. The average Bonchev–Trinajstić information content (AvgIpc) is 2.36. The van der Waals surface area contributed by atoms with E-state index in [2.05, 4.69) is 51.8 Å². The highest BCUT2D eigenvalue weighted by Gasteiger charge is 2.42. The van der Waals surface area contributed by atoms with Gasteiger partial charge in [-0.15, -0.1) is 0 Å². The van der Waals surface area contributed by atoms with Gasteiger partial charge in [0.15, 0.2) is 0 Å². The minimum atomic E-state index is 0.357. The third kappa shape index (κ3) is 3.39. The Hall–Kier alpha value is -0.0800. The molecule has 2 aliphatic rings. The topological polar surface area (TPSA) is 15.3 Å². The van der Waals surface area contributed by atoms with E-state index in [1.807, 2.05) is 0 Å². The van der Waals surface area contributed by atoms with Gasteiger partial charge in [-0.3, -0.25) is 4.90 Å². The van der Waals surface area contributed by atoms with E-state index in [1.165, 1.54) is 45.2 Å². The predicted molar refractivity (Wildman–Crippen MR) is 88.1 cm³/mol. The van der Waals surface area contributed by atoms with Crippen molar-refractivity contribution >= 4 is 0 Å². The van der Waals surface area contributed by atoms with Crippen LogP contribution in [-0.2, 0) is 0 Å². The summed E-state index contributed by atoms with van der Waals surface area (Å²) >= 11 is 0. The van der Waals surface area contributed by atoms with Crippen molar-refractivity contribution in [1.29, 1.82) is 0 Å². The Labute approximate surface area is 126 Å². The van der Waals surface area contributed by atoms with Crippen LogP contribution in [0, 0.1) is 10.8 Å². The van der Waals surface area contributed by atoms with Gasteiger partial charge in [0.2, 0.25) is 0 Å². The Morgan fingerprint density at radius 1 is 1.20 bits per heavy atom. The van der Waals surface area contributed by atoms with Gasteiger partial charge in [0, 0.05) is 31.2 Å². The molecule has 3 atom stereocenters. The molecule has 1 aliphatic heterocycles. The van der Waals surface area contributed by atoms with Crippen molar-refractivity contribution in [2.75, 3.05) is 13.1 Å². The van der Waals surface area contributed by atoms with Crippen molar-refractivity contribution in [3.8, 4) is 0 Å². The number of rotatable bonds is 2. The van der Waals surface area contributed by atoms with E-state index in [0.29, 0.717) is 16.9 Å². The molecule has 1 N–H and O–H groups in total. The number of nitrogens with one attached hydrogen (secondary N) is 1. The number of hydrogen-bond donors (Lipinski definition) is 1. The zero-order chi connectivity index (χ0) is 15.0. The summed E-state index contributed by atoms with van der Waals surface area (Å²) in [5.41, 5.74) is 0.848. The van der Waals surface area contributed by atoms with E-state index in [4.69, 9.17) is 0 Å². The molecule has 3 unspecified atom stereocenters. The van der Waals surface area contributed by atoms with Crippen molar-refractivity contribution < 1.29 is 0 Å². The lowest BCUT2D eigenvalue weighted by molar-refractivity contribution is -0.0205. The second-order valence-corrected chi connectivity index (χ2v) is 8.84. The molecule has 118 valence electrons. The molecule has 2 fully saturated rings. The third-order valence-electron chi connectivity index (χ3n) is 5.83. The Morgan fingerprint density at radius 2 is 1.90 bits per heavy atom. The number of nitrogens with zero attached hydrogens (tertiary/aromatic N) is 1. The van der Waals surface area contributed by atoms with Crippen LogP contribution in [0.2, 0.25) is 0 Å². The van der Waals surface area contributed by atoms with Crippen LogP contribution in [0.3, 0.4) is 0 Å². The zero-order valence-corrected chi connectivity index (χ0v) is 14.6. The summed E-state index contributed by atoms with van der Waals surface area (Å²) in [5.74, 6) is 0. The molecule has 1 heterocycles. The van der Waals surface area contributed by atoms with Crippen molar-refractivity contribution in [2.24, 2.45) is 10.8 Å². The largest absolute Gasteiger partial charge is 0.311 e. The molecule has 0 aromatic heterocycles. The molecular formula is C18H36N2. The minimum absolute atomic E-state index is 0.357. The van der Waals surface area contributed by atoms with Crippen molar-refractivity contribution in [3.05, 3.63) is 0 Å². The molecule has 1 aliphatic carbocycles. The van der Waals surface area contributed by atoms with Crippen LogP contribution in [-0.4, -0.2) is 36.1 Å². The quantitative estimate of drug-likeness (QED) is 0.821. The van der Waals surface area contributed by atoms with Gasteiger partial charge in [0.1, 0.15) is 0 Å². The highest BCUT2D eigenvalue weighted by atomic mass is 15.3. The zero-order valence-electron chi connectivity index (χ0n) is 14.6. The molecule has 0 aromatic carbocycles. The molecule has 0 amide bonds. The summed E-state index contributed by atoms with van der Waals surface area (Å²) in [6, 6.07) is 2.15. The van der Waals surface area contributed by atoms with Gasteiger partial charge in [-0.05, 0) is 30.1 Å². The standard InChI is InChI=1S/C18H36N2/c1-7-14-12-19-15(17(2,3)4)13-20(14)16-10-8-9-11-18(16,5)6/h14-16,19H,7-13H2,1-6H3. The molecule has 0 radical (unpaired) electrons. The maximum atomic E-state index is 3.81.